The van der Waals surface area contributed by atoms with Crippen molar-refractivity contribution < 1.29 is 26.4 Å². The van der Waals surface area contributed by atoms with Gasteiger partial charge in [0.1, 0.15) is 12.4 Å². The largest absolute Gasteiger partial charge is 0.492 e. The Balaban J connectivity index is 1.87. The minimum atomic E-state index is -3.49. The molecule has 170 valence electrons. The first kappa shape index (κ1) is 24.6. The van der Waals surface area contributed by atoms with Gasteiger partial charge in [-0.25, -0.2) is 21.1 Å². The summed E-state index contributed by atoms with van der Waals surface area (Å²) in [6, 6.07) is 12.3. The molecule has 2 aromatic carbocycles. The van der Waals surface area contributed by atoms with E-state index < -0.39 is 20.0 Å². The van der Waals surface area contributed by atoms with Crippen molar-refractivity contribution in [2.24, 2.45) is 0 Å². The van der Waals surface area contributed by atoms with Crippen molar-refractivity contribution in [2.75, 3.05) is 44.4 Å². The standard InChI is InChI=1S/C20H27N3O6S2/c1-5-23(30(4,25)26)17-8-6-16(7-9-17)20(24)21-14-15-29-18-10-12-19(13-11-18)31(27,28)22(2)3/h6-13H,5,14-15H2,1-4H3,(H,21,24). The summed E-state index contributed by atoms with van der Waals surface area (Å²) in [6.45, 7) is 2.46. The van der Waals surface area contributed by atoms with Crippen LogP contribution in [0.1, 0.15) is 17.3 Å². The van der Waals surface area contributed by atoms with E-state index in [9.17, 15) is 21.6 Å². The highest BCUT2D eigenvalue weighted by atomic mass is 32.2. The van der Waals surface area contributed by atoms with Crippen LogP contribution >= 0.6 is 0 Å². The van der Waals surface area contributed by atoms with Gasteiger partial charge in [0.05, 0.1) is 23.4 Å². The molecular formula is C20H27N3O6S2. The zero-order valence-corrected chi connectivity index (χ0v) is 19.5. The number of hydrogen-bond donors (Lipinski definition) is 1. The van der Waals surface area contributed by atoms with Gasteiger partial charge in [-0.1, -0.05) is 0 Å². The second-order valence-corrected chi connectivity index (χ2v) is 10.9. The van der Waals surface area contributed by atoms with Crippen molar-refractivity contribution in [1.82, 2.24) is 9.62 Å². The number of carbonyl (C=O) groups excluding carboxylic acids is 1. The Hall–Kier alpha value is -2.63. The van der Waals surface area contributed by atoms with Gasteiger partial charge < -0.3 is 10.1 Å². The summed E-state index contributed by atoms with van der Waals surface area (Å²) in [5.74, 6) is 0.168. The lowest BCUT2D eigenvalue weighted by Gasteiger charge is -2.20. The summed E-state index contributed by atoms with van der Waals surface area (Å²) in [7, 11) is -3.96. The van der Waals surface area contributed by atoms with Gasteiger partial charge >= 0.3 is 0 Å². The minimum absolute atomic E-state index is 0.166. The molecule has 0 atom stereocenters. The molecule has 0 bridgehead atoms. The molecule has 0 aromatic heterocycles. The summed E-state index contributed by atoms with van der Waals surface area (Å²) in [5, 5.41) is 2.71. The van der Waals surface area contributed by atoms with E-state index in [1.54, 1.807) is 43.3 Å². The Bertz CT molecular complexity index is 1100. The normalized spacial score (nSPS) is 11.9. The molecule has 0 aliphatic carbocycles. The van der Waals surface area contributed by atoms with Gasteiger partial charge in [0.2, 0.25) is 20.0 Å². The molecule has 1 N–H and O–H groups in total. The second-order valence-electron chi connectivity index (χ2n) is 6.84. The number of amides is 1. The molecule has 2 rings (SSSR count). The molecule has 0 aliphatic heterocycles. The van der Waals surface area contributed by atoms with Gasteiger partial charge in [-0.05, 0) is 55.5 Å². The topological polar surface area (TPSA) is 113 Å². The van der Waals surface area contributed by atoms with Crippen molar-refractivity contribution in [3.63, 3.8) is 0 Å². The maximum absolute atomic E-state index is 12.3. The van der Waals surface area contributed by atoms with Gasteiger partial charge in [0.15, 0.2) is 0 Å². The van der Waals surface area contributed by atoms with Gasteiger partial charge in [0, 0.05) is 26.2 Å². The van der Waals surface area contributed by atoms with E-state index in [-0.39, 0.29) is 24.0 Å². The molecule has 11 heteroatoms. The maximum Gasteiger partial charge on any atom is 0.251 e. The first-order chi connectivity index (χ1) is 14.5. The average molecular weight is 470 g/mol. The third-order valence-electron chi connectivity index (χ3n) is 4.36. The SMILES string of the molecule is CCN(c1ccc(C(=O)NCCOc2ccc(S(=O)(=O)N(C)C)cc2)cc1)S(C)(=O)=O. The molecule has 0 saturated heterocycles. The maximum atomic E-state index is 12.3. The molecule has 0 fully saturated rings. The summed E-state index contributed by atoms with van der Waals surface area (Å²) >= 11 is 0. The zero-order chi connectivity index (χ0) is 23.2. The molecule has 0 spiro atoms. The average Bonchev–Trinajstić information content (AvgIpc) is 2.71. The predicted octanol–water partition coefficient (Wildman–Crippen LogP) is 1.53. The molecule has 9 nitrogen and oxygen atoms in total. The van der Waals surface area contributed by atoms with Crippen LogP contribution in [0.25, 0.3) is 0 Å². The van der Waals surface area contributed by atoms with Crippen LogP contribution in [-0.2, 0) is 20.0 Å². The number of benzene rings is 2. The lowest BCUT2D eigenvalue weighted by Crippen LogP contribution is -2.30. The highest BCUT2D eigenvalue weighted by Gasteiger charge is 2.17. The van der Waals surface area contributed by atoms with Crippen LogP contribution < -0.4 is 14.4 Å². The number of hydrogen-bond acceptors (Lipinski definition) is 6. The quantitative estimate of drug-likeness (QED) is 0.528. The van der Waals surface area contributed by atoms with Gasteiger partial charge in [-0.2, -0.15) is 0 Å². The van der Waals surface area contributed by atoms with Crippen LogP contribution in [0.3, 0.4) is 0 Å². The van der Waals surface area contributed by atoms with E-state index in [0.29, 0.717) is 23.5 Å². The number of nitrogens with one attached hydrogen (secondary N) is 1. The summed E-state index contributed by atoms with van der Waals surface area (Å²) < 4.78 is 55.5. The third kappa shape index (κ3) is 6.42. The van der Waals surface area contributed by atoms with Crippen molar-refractivity contribution in [1.29, 1.82) is 0 Å². The number of nitrogens with zero attached hydrogens (tertiary/aromatic N) is 2. The van der Waals surface area contributed by atoms with Gasteiger partial charge in [0.25, 0.3) is 5.91 Å². The molecule has 0 heterocycles. The van der Waals surface area contributed by atoms with Crippen LogP contribution in [0.15, 0.2) is 53.4 Å². The van der Waals surface area contributed by atoms with E-state index in [4.69, 9.17) is 4.74 Å². The Morgan fingerprint density at radius 1 is 0.968 bits per heavy atom. The molecule has 1 amide bonds. The molecule has 2 aromatic rings. The number of ether oxygens (including phenoxy) is 1. The van der Waals surface area contributed by atoms with Crippen LogP contribution in [0.2, 0.25) is 0 Å². The monoisotopic (exact) mass is 469 g/mol. The Labute approximate surface area is 183 Å². The first-order valence-electron chi connectivity index (χ1n) is 9.48. The van der Waals surface area contributed by atoms with E-state index in [0.717, 1.165) is 10.6 Å². The number of anilines is 1. The van der Waals surface area contributed by atoms with Crippen LogP contribution in [0, 0.1) is 0 Å². The lowest BCUT2D eigenvalue weighted by molar-refractivity contribution is 0.0947. The highest BCUT2D eigenvalue weighted by Crippen LogP contribution is 2.19. The van der Waals surface area contributed by atoms with E-state index in [1.165, 1.54) is 30.5 Å². The molecule has 0 radical (unpaired) electrons. The number of carbonyl (C=O) groups is 1. The molecule has 0 aliphatic rings. The fourth-order valence-electron chi connectivity index (χ4n) is 2.74. The van der Waals surface area contributed by atoms with Crippen LogP contribution in [-0.4, -0.2) is 67.1 Å². The number of sulfonamides is 2. The van der Waals surface area contributed by atoms with Crippen molar-refractivity contribution in [3.8, 4) is 5.75 Å². The third-order valence-corrected chi connectivity index (χ3v) is 7.46. The molecule has 31 heavy (non-hydrogen) atoms. The fraction of sp³-hybridized carbons (Fsp3) is 0.350. The summed E-state index contributed by atoms with van der Waals surface area (Å²) in [4.78, 5) is 12.4. The van der Waals surface area contributed by atoms with Crippen molar-refractivity contribution >= 4 is 31.6 Å². The van der Waals surface area contributed by atoms with Crippen LogP contribution in [0.5, 0.6) is 5.75 Å². The summed E-state index contributed by atoms with van der Waals surface area (Å²) in [6.07, 6.45) is 1.13. The Kier molecular flexibility index (Phi) is 8.04. The highest BCUT2D eigenvalue weighted by molar-refractivity contribution is 7.92. The number of rotatable bonds is 10. The summed E-state index contributed by atoms with van der Waals surface area (Å²) in [5.41, 5.74) is 0.885. The minimum Gasteiger partial charge on any atom is -0.492 e. The molecule has 0 unspecified atom stereocenters. The van der Waals surface area contributed by atoms with Crippen LogP contribution in [0.4, 0.5) is 5.69 Å². The Morgan fingerprint density at radius 2 is 1.55 bits per heavy atom. The zero-order valence-electron chi connectivity index (χ0n) is 17.9. The first-order valence-corrected chi connectivity index (χ1v) is 12.8. The van der Waals surface area contributed by atoms with E-state index >= 15 is 0 Å². The Morgan fingerprint density at radius 3 is 2.03 bits per heavy atom. The lowest BCUT2D eigenvalue weighted by atomic mass is 10.2. The molecular weight excluding hydrogens is 442 g/mol. The van der Waals surface area contributed by atoms with Gasteiger partial charge in [-0.15, -0.1) is 0 Å². The predicted molar refractivity (Wildman–Crippen MR) is 119 cm³/mol. The van der Waals surface area contributed by atoms with Gasteiger partial charge in [-0.3, -0.25) is 9.10 Å². The fourth-order valence-corrected chi connectivity index (χ4v) is 4.62. The van der Waals surface area contributed by atoms with E-state index in [2.05, 4.69) is 5.32 Å². The van der Waals surface area contributed by atoms with Crippen molar-refractivity contribution in [3.05, 3.63) is 54.1 Å². The van der Waals surface area contributed by atoms with E-state index in [1.807, 2.05) is 0 Å². The second kappa shape index (κ2) is 10.1. The smallest absolute Gasteiger partial charge is 0.251 e. The molecule has 0 saturated carbocycles. The van der Waals surface area contributed by atoms with Crippen molar-refractivity contribution in [2.45, 2.75) is 11.8 Å².